The first kappa shape index (κ1) is 10.7. The summed E-state index contributed by atoms with van der Waals surface area (Å²) in [6.07, 6.45) is 0. The molecule has 1 aromatic heterocycles. The second-order valence-corrected chi connectivity index (χ2v) is 3.88. The van der Waals surface area contributed by atoms with Gasteiger partial charge in [0.15, 0.2) is 0 Å². The second kappa shape index (κ2) is 3.98. The highest BCUT2D eigenvalue weighted by Gasteiger charge is 2.08. The number of nitrogens with two attached hydrogens (primary N) is 2. The van der Waals surface area contributed by atoms with Gasteiger partial charge in [-0.25, -0.2) is 4.98 Å². The summed E-state index contributed by atoms with van der Waals surface area (Å²) < 4.78 is 0. The van der Waals surface area contributed by atoms with Crippen molar-refractivity contribution in [1.29, 1.82) is 0 Å². The highest BCUT2D eigenvalue weighted by atomic mass is 35.5. The van der Waals surface area contributed by atoms with Gasteiger partial charge < -0.3 is 11.5 Å². The average molecular weight is 235 g/mol. The van der Waals surface area contributed by atoms with E-state index in [1.807, 2.05) is 19.1 Å². The summed E-state index contributed by atoms with van der Waals surface area (Å²) in [5.41, 5.74) is 13.8. The van der Waals surface area contributed by atoms with Crippen LogP contribution in [0.15, 0.2) is 24.3 Å². The minimum absolute atomic E-state index is 0.174. The van der Waals surface area contributed by atoms with E-state index in [1.165, 1.54) is 0 Å². The lowest BCUT2D eigenvalue weighted by Crippen LogP contribution is -2.04. The Bertz CT molecular complexity index is 522. The number of hydrogen-bond donors (Lipinski definition) is 2. The molecule has 0 saturated carbocycles. The lowest BCUT2D eigenvalue weighted by molar-refractivity contribution is 1.16. The molecule has 82 valence electrons. The van der Waals surface area contributed by atoms with Gasteiger partial charge in [0.1, 0.15) is 5.82 Å². The maximum Gasteiger partial charge on any atom is 0.222 e. The summed E-state index contributed by atoms with van der Waals surface area (Å²) in [6.45, 7) is 1.86. The molecule has 4 N–H and O–H groups in total. The zero-order valence-corrected chi connectivity index (χ0v) is 9.49. The van der Waals surface area contributed by atoms with Crippen LogP contribution in [0, 0.1) is 6.92 Å². The highest BCUT2D eigenvalue weighted by Crippen LogP contribution is 2.25. The summed E-state index contributed by atoms with van der Waals surface area (Å²) in [7, 11) is 0. The van der Waals surface area contributed by atoms with Gasteiger partial charge >= 0.3 is 0 Å². The molecule has 0 radical (unpaired) electrons. The molecular formula is C11H11ClN4. The van der Waals surface area contributed by atoms with Crippen molar-refractivity contribution in [3.05, 3.63) is 34.9 Å². The molecule has 0 amide bonds. The molecule has 16 heavy (non-hydrogen) atoms. The Kier molecular flexibility index (Phi) is 2.66. The van der Waals surface area contributed by atoms with Crippen LogP contribution in [0.5, 0.6) is 0 Å². The predicted molar refractivity (Wildman–Crippen MR) is 66.0 cm³/mol. The smallest absolute Gasteiger partial charge is 0.222 e. The number of anilines is 2. The van der Waals surface area contributed by atoms with E-state index in [1.54, 1.807) is 12.1 Å². The van der Waals surface area contributed by atoms with Crippen LogP contribution in [0.2, 0.25) is 5.02 Å². The number of nitrogen functional groups attached to an aromatic ring is 2. The topological polar surface area (TPSA) is 77.8 Å². The van der Waals surface area contributed by atoms with Crippen molar-refractivity contribution >= 4 is 23.4 Å². The molecule has 0 aliphatic carbocycles. The zero-order chi connectivity index (χ0) is 11.7. The highest BCUT2D eigenvalue weighted by molar-refractivity contribution is 6.30. The minimum atomic E-state index is 0.174. The van der Waals surface area contributed by atoms with Gasteiger partial charge in [-0.2, -0.15) is 4.98 Å². The number of aromatic nitrogens is 2. The number of halogens is 1. The maximum atomic E-state index is 5.82. The van der Waals surface area contributed by atoms with E-state index in [-0.39, 0.29) is 5.95 Å². The third-order valence-electron chi connectivity index (χ3n) is 2.32. The molecule has 0 fully saturated rings. The normalized spacial score (nSPS) is 10.4. The van der Waals surface area contributed by atoms with E-state index >= 15 is 0 Å². The van der Waals surface area contributed by atoms with Crippen molar-refractivity contribution in [3.63, 3.8) is 0 Å². The average Bonchev–Trinajstić information content (AvgIpc) is 2.25. The minimum Gasteiger partial charge on any atom is -0.383 e. The number of benzene rings is 1. The van der Waals surface area contributed by atoms with Crippen molar-refractivity contribution in [2.75, 3.05) is 11.5 Å². The monoisotopic (exact) mass is 234 g/mol. The molecule has 0 spiro atoms. The van der Waals surface area contributed by atoms with E-state index in [0.717, 1.165) is 16.8 Å². The predicted octanol–water partition coefficient (Wildman–Crippen LogP) is 2.27. The molecule has 0 aliphatic heterocycles. The summed E-state index contributed by atoms with van der Waals surface area (Å²) >= 11 is 5.82. The third kappa shape index (κ3) is 1.92. The Morgan fingerprint density at radius 2 is 1.69 bits per heavy atom. The SMILES string of the molecule is Cc1c(N)nc(N)nc1-c1ccc(Cl)cc1. The Hall–Kier alpha value is -1.81. The first-order valence-corrected chi connectivity index (χ1v) is 5.11. The Morgan fingerprint density at radius 3 is 2.31 bits per heavy atom. The van der Waals surface area contributed by atoms with Crippen LogP contribution in [0.25, 0.3) is 11.3 Å². The van der Waals surface area contributed by atoms with Crippen LogP contribution >= 0.6 is 11.6 Å². The molecule has 0 saturated heterocycles. The molecule has 1 heterocycles. The molecule has 1 aromatic carbocycles. The molecule has 0 aliphatic rings. The second-order valence-electron chi connectivity index (χ2n) is 3.45. The Labute approximate surface area is 98.3 Å². The Balaban J connectivity index is 2.59. The summed E-state index contributed by atoms with van der Waals surface area (Å²) in [6, 6.07) is 7.34. The first-order valence-electron chi connectivity index (χ1n) is 4.73. The van der Waals surface area contributed by atoms with Gasteiger partial charge in [-0.05, 0) is 19.1 Å². The van der Waals surface area contributed by atoms with Gasteiger partial charge in [0.05, 0.1) is 5.69 Å². The molecule has 0 unspecified atom stereocenters. The van der Waals surface area contributed by atoms with Crippen LogP contribution in [0.4, 0.5) is 11.8 Å². The zero-order valence-electron chi connectivity index (χ0n) is 8.74. The fraction of sp³-hybridized carbons (Fsp3) is 0.0909. The van der Waals surface area contributed by atoms with Crippen LogP contribution in [0.1, 0.15) is 5.56 Å². The van der Waals surface area contributed by atoms with Crippen LogP contribution in [-0.2, 0) is 0 Å². The molecular weight excluding hydrogens is 224 g/mol. The third-order valence-corrected chi connectivity index (χ3v) is 2.57. The molecule has 5 heteroatoms. The van der Waals surface area contributed by atoms with E-state index in [4.69, 9.17) is 23.1 Å². The van der Waals surface area contributed by atoms with Crippen LogP contribution < -0.4 is 11.5 Å². The van der Waals surface area contributed by atoms with E-state index in [9.17, 15) is 0 Å². The molecule has 4 nitrogen and oxygen atoms in total. The van der Waals surface area contributed by atoms with Gasteiger partial charge in [0.25, 0.3) is 0 Å². The van der Waals surface area contributed by atoms with Gasteiger partial charge in [-0.3, -0.25) is 0 Å². The maximum absolute atomic E-state index is 5.82. The van der Waals surface area contributed by atoms with Crippen molar-refractivity contribution in [2.24, 2.45) is 0 Å². The van der Waals surface area contributed by atoms with Crippen LogP contribution in [0.3, 0.4) is 0 Å². The Morgan fingerprint density at radius 1 is 1.06 bits per heavy atom. The van der Waals surface area contributed by atoms with Crippen LogP contribution in [-0.4, -0.2) is 9.97 Å². The largest absolute Gasteiger partial charge is 0.383 e. The van der Waals surface area contributed by atoms with Gasteiger partial charge in [0, 0.05) is 16.1 Å². The molecule has 2 aromatic rings. The quantitative estimate of drug-likeness (QED) is 0.794. The van der Waals surface area contributed by atoms with Gasteiger partial charge in [-0.15, -0.1) is 0 Å². The van der Waals surface area contributed by atoms with Gasteiger partial charge in [-0.1, -0.05) is 23.7 Å². The fourth-order valence-corrected chi connectivity index (χ4v) is 1.57. The lowest BCUT2D eigenvalue weighted by Gasteiger charge is -2.08. The molecule has 2 rings (SSSR count). The van der Waals surface area contributed by atoms with Crippen molar-refractivity contribution < 1.29 is 0 Å². The molecule has 0 atom stereocenters. The fourth-order valence-electron chi connectivity index (χ4n) is 1.44. The summed E-state index contributed by atoms with van der Waals surface area (Å²) in [4.78, 5) is 8.07. The summed E-state index contributed by atoms with van der Waals surface area (Å²) in [5.74, 6) is 0.575. The molecule has 0 bridgehead atoms. The van der Waals surface area contributed by atoms with E-state index < -0.39 is 0 Å². The number of hydrogen-bond acceptors (Lipinski definition) is 4. The lowest BCUT2D eigenvalue weighted by atomic mass is 10.1. The van der Waals surface area contributed by atoms with Crippen molar-refractivity contribution in [1.82, 2.24) is 9.97 Å². The van der Waals surface area contributed by atoms with E-state index in [2.05, 4.69) is 9.97 Å². The number of rotatable bonds is 1. The number of nitrogens with zero attached hydrogens (tertiary/aromatic N) is 2. The summed E-state index contributed by atoms with van der Waals surface area (Å²) in [5, 5.41) is 0.677. The van der Waals surface area contributed by atoms with Crippen molar-refractivity contribution in [2.45, 2.75) is 6.92 Å². The standard InChI is InChI=1S/C11H11ClN4/c1-6-9(15-11(14)16-10(6)13)7-2-4-8(12)5-3-7/h2-5H,1H3,(H4,13,14,15,16). The van der Waals surface area contributed by atoms with E-state index in [0.29, 0.717) is 10.8 Å². The van der Waals surface area contributed by atoms with Gasteiger partial charge in [0.2, 0.25) is 5.95 Å². The first-order chi connectivity index (χ1) is 7.58. The van der Waals surface area contributed by atoms with Crippen molar-refractivity contribution in [3.8, 4) is 11.3 Å².